The smallest absolute Gasteiger partial charge is 0.291 e. The van der Waals surface area contributed by atoms with Crippen molar-refractivity contribution in [2.24, 2.45) is 0 Å². The lowest BCUT2D eigenvalue weighted by Gasteiger charge is -2.08. The Labute approximate surface area is 115 Å². The van der Waals surface area contributed by atoms with Crippen molar-refractivity contribution in [1.29, 1.82) is 0 Å². The SMILES string of the molecule is Cc1c([N+](=O)[O-])cnc(NCc2cscn2)c1Br. The molecule has 0 atom stereocenters. The molecule has 0 aliphatic carbocycles. The van der Waals surface area contributed by atoms with Crippen molar-refractivity contribution in [1.82, 2.24) is 9.97 Å². The summed E-state index contributed by atoms with van der Waals surface area (Å²) in [7, 11) is 0. The highest BCUT2D eigenvalue weighted by Gasteiger charge is 2.16. The summed E-state index contributed by atoms with van der Waals surface area (Å²) in [5.41, 5.74) is 3.21. The fourth-order valence-corrected chi connectivity index (χ4v) is 2.38. The summed E-state index contributed by atoms with van der Waals surface area (Å²) in [6.07, 6.45) is 1.25. The van der Waals surface area contributed by atoms with Crippen molar-refractivity contribution in [3.05, 3.63) is 42.9 Å². The molecular weight excluding hydrogens is 320 g/mol. The van der Waals surface area contributed by atoms with E-state index in [-0.39, 0.29) is 5.69 Å². The first kappa shape index (κ1) is 12.9. The maximum absolute atomic E-state index is 10.7. The number of nitrogens with zero attached hydrogens (tertiary/aromatic N) is 3. The van der Waals surface area contributed by atoms with Gasteiger partial charge < -0.3 is 5.32 Å². The van der Waals surface area contributed by atoms with E-state index >= 15 is 0 Å². The van der Waals surface area contributed by atoms with Crippen LogP contribution in [0.25, 0.3) is 0 Å². The summed E-state index contributed by atoms with van der Waals surface area (Å²) in [6, 6.07) is 0. The van der Waals surface area contributed by atoms with Gasteiger partial charge in [-0.2, -0.15) is 0 Å². The van der Waals surface area contributed by atoms with Crippen molar-refractivity contribution in [2.75, 3.05) is 5.32 Å². The normalized spacial score (nSPS) is 10.3. The number of pyridine rings is 1. The maximum atomic E-state index is 10.7. The highest BCUT2D eigenvalue weighted by molar-refractivity contribution is 9.10. The third-order valence-electron chi connectivity index (χ3n) is 2.35. The summed E-state index contributed by atoms with van der Waals surface area (Å²) < 4.78 is 0.604. The molecule has 94 valence electrons. The molecule has 0 aliphatic heterocycles. The monoisotopic (exact) mass is 328 g/mol. The van der Waals surface area contributed by atoms with Crippen LogP contribution in [0.5, 0.6) is 0 Å². The number of nitro groups is 1. The topological polar surface area (TPSA) is 81.0 Å². The minimum atomic E-state index is -0.447. The van der Waals surface area contributed by atoms with E-state index in [1.807, 2.05) is 5.38 Å². The Morgan fingerprint density at radius 1 is 1.56 bits per heavy atom. The molecule has 0 saturated heterocycles. The highest BCUT2D eigenvalue weighted by atomic mass is 79.9. The van der Waals surface area contributed by atoms with Crippen LogP contribution < -0.4 is 5.32 Å². The van der Waals surface area contributed by atoms with E-state index in [4.69, 9.17) is 0 Å². The van der Waals surface area contributed by atoms with Crippen molar-refractivity contribution in [2.45, 2.75) is 13.5 Å². The van der Waals surface area contributed by atoms with Gasteiger partial charge in [0.1, 0.15) is 12.0 Å². The van der Waals surface area contributed by atoms with Gasteiger partial charge in [0.2, 0.25) is 0 Å². The van der Waals surface area contributed by atoms with Crippen LogP contribution in [-0.4, -0.2) is 14.9 Å². The van der Waals surface area contributed by atoms with Crippen LogP contribution in [0.1, 0.15) is 11.3 Å². The van der Waals surface area contributed by atoms with Gasteiger partial charge in [-0.05, 0) is 22.9 Å². The fraction of sp³-hybridized carbons (Fsp3) is 0.200. The minimum absolute atomic E-state index is 0.00100. The molecule has 0 bridgehead atoms. The van der Waals surface area contributed by atoms with E-state index in [0.29, 0.717) is 22.4 Å². The largest absolute Gasteiger partial charge is 0.363 e. The van der Waals surface area contributed by atoms with Gasteiger partial charge in [-0.1, -0.05) is 0 Å². The molecule has 2 rings (SSSR count). The molecule has 2 aromatic heterocycles. The number of halogens is 1. The van der Waals surface area contributed by atoms with E-state index in [1.54, 1.807) is 12.4 Å². The van der Waals surface area contributed by atoms with E-state index in [0.717, 1.165) is 5.69 Å². The molecule has 0 amide bonds. The first-order valence-corrected chi connectivity index (χ1v) is 6.73. The minimum Gasteiger partial charge on any atom is -0.363 e. The molecule has 0 saturated carbocycles. The molecule has 6 nitrogen and oxygen atoms in total. The number of rotatable bonds is 4. The Morgan fingerprint density at radius 2 is 2.33 bits per heavy atom. The number of aromatic nitrogens is 2. The maximum Gasteiger partial charge on any atom is 0.291 e. The zero-order chi connectivity index (χ0) is 13.1. The zero-order valence-corrected chi connectivity index (χ0v) is 11.8. The Morgan fingerprint density at radius 3 is 2.94 bits per heavy atom. The highest BCUT2D eigenvalue weighted by Crippen LogP contribution is 2.30. The summed E-state index contributed by atoms with van der Waals surface area (Å²) in [5.74, 6) is 0.575. The zero-order valence-electron chi connectivity index (χ0n) is 9.38. The van der Waals surface area contributed by atoms with E-state index in [1.165, 1.54) is 17.5 Å². The average Bonchev–Trinajstić information content (AvgIpc) is 2.83. The average molecular weight is 329 g/mol. The molecule has 0 spiro atoms. The summed E-state index contributed by atoms with van der Waals surface area (Å²) in [6.45, 7) is 2.21. The van der Waals surface area contributed by atoms with Gasteiger partial charge in [0.15, 0.2) is 0 Å². The van der Waals surface area contributed by atoms with Crippen molar-refractivity contribution in [3.8, 4) is 0 Å². The number of nitrogens with one attached hydrogen (secondary N) is 1. The molecule has 0 unspecified atom stereocenters. The second kappa shape index (κ2) is 5.40. The van der Waals surface area contributed by atoms with Crippen LogP contribution in [0.2, 0.25) is 0 Å². The van der Waals surface area contributed by atoms with Gasteiger partial charge >= 0.3 is 0 Å². The molecule has 0 aromatic carbocycles. The molecule has 0 radical (unpaired) electrons. The first-order chi connectivity index (χ1) is 8.59. The molecule has 0 fully saturated rings. The Balaban J connectivity index is 2.19. The predicted molar refractivity (Wildman–Crippen MR) is 72.8 cm³/mol. The van der Waals surface area contributed by atoms with Crippen molar-refractivity contribution in [3.63, 3.8) is 0 Å². The summed E-state index contributed by atoms with van der Waals surface area (Å²) >= 11 is 4.83. The van der Waals surface area contributed by atoms with Gasteiger partial charge in [-0.15, -0.1) is 11.3 Å². The van der Waals surface area contributed by atoms with Crippen LogP contribution in [0.15, 0.2) is 21.6 Å². The van der Waals surface area contributed by atoms with Crippen LogP contribution >= 0.6 is 27.3 Å². The first-order valence-electron chi connectivity index (χ1n) is 5.00. The van der Waals surface area contributed by atoms with Crippen LogP contribution in [-0.2, 0) is 6.54 Å². The number of hydrogen-bond donors (Lipinski definition) is 1. The number of thiazole rings is 1. The second-order valence-electron chi connectivity index (χ2n) is 3.52. The second-order valence-corrected chi connectivity index (χ2v) is 5.03. The molecule has 1 N–H and O–H groups in total. The van der Waals surface area contributed by atoms with E-state index in [9.17, 15) is 10.1 Å². The lowest BCUT2D eigenvalue weighted by atomic mass is 10.2. The summed E-state index contributed by atoms with van der Waals surface area (Å²) in [5, 5.41) is 15.8. The fourth-order valence-electron chi connectivity index (χ4n) is 1.38. The third kappa shape index (κ3) is 2.65. The third-order valence-corrected chi connectivity index (χ3v) is 3.96. The lowest BCUT2D eigenvalue weighted by Crippen LogP contribution is -2.04. The van der Waals surface area contributed by atoms with Crippen LogP contribution in [0.4, 0.5) is 11.5 Å². The standard InChI is InChI=1S/C10H9BrN4O2S/c1-6-8(15(16)17)3-13-10(9(6)11)12-2-7-4-18-5-14-7/h3-5H,2H2,1H3,(H,12,13). The predicted octanol–water partition coefficient (Wildman–Crippen LogP) is 3.13. The van der Waals surface area contributed by atoms with Crippen molar-refractivity contribution >= 4 is 38.8 Å². The van der Waals surface area contributed by atoms with Gasteiger partial charge in [0, 0.05) is 10.9 Å². The molecule has 8 heteroatoms. The van der Waals surface area contributed by atoms with E-state index < -0.39 is 4.92 Å². The van der Waals surface area contributed by atoms with Crippen LogP contribution in [0, 0.1) is 17.0 Å². The van der Waals surface area contributed by atoms with Gasteiger partial charge in [0.05, 0.1) is 27.1 Å². The summed E-state index contributed by atoms with van der Waals surface area (Å²) in [4.78, 5) is 18.5. The number of anilines is 1. The number of hydrogen-bond acceptors (Lipinski definition) is 6. The van der Waals surface area contributed by atoms with Gasteiger partial charge in [0.25, 0.3) is 5.69 Å². The molecule has 2 aromatic rings. The Hall–Kier alpha value is -1.54. The molecule has 18 heavy (non-hydrogen) atoms. The Kier molecular flexibility index (Phi) is 3.87. The van der Waals surface area contributed by atoms with Crippen LogP contribution in [0.3, 0.4) is 0 Å². The Bertz CT molecular complexity index is 574. The quantitative estimate of drug-likeness (QED) is 0.688. The van der Waals surface area contributed by atoms with Gasteiger partial charge in [-0.3, -0.25) is 10.1 Å². The lowest BCUT2D eigenvalue weighted by molar-refractivity contribution is -0.385. The molecular formula is C10H9BrN4O2S. The van der Waals surface area contributed by atoms with E-state index in [2.05, 4.69) is 31.2 Å². The van der Waals surface area contributed by atoms with Crippen molar-refractivity contribution < 1.29 is 4.92 Å². The molecule has 0 aliphatic rings. The molecule has 2 heterocycles. The van der Waals surface area contributed by atoms with Gasteiger partial charge in [-0.25, -0.2) is 9.97 Å².